The average molecular weight is 220 g/mol. The molecule has 84 valence electrons. The highest BCUT2D eigenvalue weighted by molar-refractivity contribution is 5.88. The first-order chi connectivity index (χ1) is 7.72. The van der Waals surface area contributed by atoms with Gasteiger partial charge in [-0.05, 0) is 19.1 Å². The number of rotatable bonds is 3. The molecule has 0 radical (unpaired) electrons. The summed E-state index contributed by atoms with van der Waals surface area (Å²) in [7, 11) is 1.69. The Morgan fingerprint density at radius 3 is 3.06 bits per heavy atom. The first-order valence-electron chi connectivity index (χ1n) is 4.97. The number of carbonyl (C=O) groups is 1. The zero-order valence-electron chi connectivity index (χ0n) is 9.14. The molecule has 5 heteroatoms. The molecule has 2 rings (SSSR count). The summed E-state index contributed by atoms with van der Waals surface area (Å²) >= 11 is 0. The Labute approximate surface area is 92.6 Å². The summed E-state index contributed by atoms with van der Waals surface area (Å²) in [5.74, 6) is 0.251. The van der Waals surface area contributed by atoms with Crippen molar-refractivity contribution in [1.82, 2.24) is 9.78 Å². The molecular formula is C11H12N2O3. The van der Waals surface area contributed by atoms with Gasteiger partial charge < -0.3 is 9.15 Å². The fourth-order valence-electron chi connectivity index (χ4n) is 1.41. The van der Waals surface area contributed by atoms with E-state index >= 15 is 0 Å². The van der Waals surface area contributed by atoms with Crippen molar-refractivity contribution in [3.63, 3.8) is 0 Å². The molecule has 0 bridgehead atoms. The minimum absolute atomic E-state index is 0.347. The van der Waals surface area contributed by atoms with Gasteiger partial charge in [0.05, 0.1) is 12.9 Å². The molecule has 0 aliphatic carbocycles. The zero-order chi connectivity index (χ0) is 11.5. The van der Waals surface area contributed by atoms with Crippen molar-refractivity contribution in [2.24, 2.45) is 7.05 Å². The second-order valence-corrected chi connectivity index (χ2v) is 3.24. The van der Waals surface area contributed by atoms with Crippen LogP contribution in [0, 0.1) is 0 Å². The van der Waals surface area contributed by atoms with Gasteiger partial charge in [-0.25, -0.2) is 4.79 Å². The lowest BCUT2D eigenvalue weighted by molar-refractivity contribution is 0.0513. The number of aromatic nitrogens is 2. The number of hydrogen-bond acceptors (Lipinski definition) is 4. The van der Waals surface area contributed by atoms with Crippen molar-refractivity contribution in [1.29, 1.82) is 0 Å². The summed E-state index contributed by atoms with van der Waals surface area (Å²) < 4.78 is 11.6. The molecular weight excluding hydrogens is 208 g/mol. The van der Waals surface area contributed by atoms with Crippen LogP contribution in [-0.4, -0.2) is 22.4 Å². The van der Waals surface area contributed by atoms with E-state index in [0.717, 1.165) is 0 Å². The van der Waals surface area contributed by atoms with Gasteiger partial charge in [-0.2, -0.15) is 5.10 Å². The summed E-state index contributed by atoms with van der Waals surface area (Å²) in [6.45, 7) is 2.11. The largest absolute Gasteiger partial charge is 0.463 e. The lowest BCUT2D eigenvalue weighted by Gasteiger charge is -1.99. The molecule has 0 aromatic carbocycles. The minimum Gasteiger partial charge on any atom is -0.463 e. The number of aryl methyl sites for hydroxylation is 1. The van der Waals surface area contributed by atoms with Gasteiger partial charge in [-0.1, -0.05) is 0 Å². The van der Waals surface area contributed by atoms with Gasteiger partial charge in [0, 0.05) is 13.1 Å². The maximum absolute atomic E-state index is 11.5. The van der Waals surface area contributed by atoms with E-state index < -0.39 is 0 Å². The third-order valence-corrected chi connectivity index (χ3v) is 2.14. The molecule has 2 aromatic heterocycles. The average Bonchev–Trinajstić information content (AvgIpc) is 2.86. The molecule has 0 aliphatic rings. The number of ether oxygens (including phenoxy) is 1. The maximum Gasteiger partial charge on any atom is 0.356 e. The van der Waals surface area contributed by atoms with E-state index in [1.165, 1.54) is 4.68 Å². The van der Waals surface area contributed by atoms with Gasteiger partial charge in [0.1, 0.15) is 11.4 Å². The molecule has 0 unspecified atom stereocenters. The number of nitrogens with zero attached hydrogens (tertiary/aromatic N) is 2. The monoisotopic (exact) mass is 220 g/mol. The Kier molecular flexibility index (Phi) is 2.76. The normalized spacial score (nSPS) is 10.4. The fourth-order valence-corrected chi connectivity index (χ4v) is 1.41. The zero-order valence-corrected chi connectivity index (χ0v) is 9.14. The van der Waals surface area contributed by atoms with Gasteiger partial charge in [-0.3, -0.25) is 4.68 Å². The van der Waals surface area contributed by atoms with Gasteiger partial charge in [0.2, 0.25) is 0 Å². The number of hydrogen-bond donors (Lipinski definition) is 0. The minimum atomic E-state index is -0.379. The summed E-state index contributed by atoms with van der Waals surface area (Å²) in [6, 6.07) is 5.21. The van der Waals surface area contributed by atoms with E-state index in [1.54, 1.807) is 38.4 Å². The quantitative estimate of drug-likeness (QED) is 0.741. The summed E-state index contributed by atoms with van der Waals surface area (Å²) in [6.07, 6.45) is 1.56. The van der Waals surface area contributed by atoms with Gasteiger partial charge in [-0.15, -0.1) is 0 Å². The van der Waals surface area contributed by atoms with Crippen molar-refractivity contribution < 1.29 is 13.9 Å². The Bertz CT molecular complexity index is 485. The third kappa shape index (κ3) is 1.84. The van der Waals surface area contributed by atoms with Crippen LogP contribution in [0.5, 0.6) is 0 Å². The van der Waals surface area contributed by atoms with E-state index in [1.807, 2.05) is 0 Å². The molecule has 2 heterocycles. The molecule has 0 amide bonds. The maximum atomic E-state index is 11.5. The smallest absolute Gasteiger partial charge is 0.356 e. The van der Waals surface area contributed by atoms with Crippen LogP contribution in [0.3, 0.4) is 0 Å². The number of carbonyl (C=O) groups excluding carboxylic acids is 1. The van der Waals surface area contributed by atoms with Crippen LogP contribution in [0.4, 0.5) is 0 Å². The Hall–Kier alpha value is -2.04. The molecule has 5 nitrogen and oxygen atoms in total. The van der Waals surface area contributed by atoms with Crippen LogP contribution in [0.25, 0.3) is 11.5 Å². The topological polar surface area (TPSA) is 57.3 Å². The Balaban J connectivity index is 2.32. The molecule has 0 spiro atoms. The van der Waals surface area contributed by atoms with E-state index in [-0.39, 0.29) is 5.97 Å². The summed E-state index contributed by atoms with van der Waals surface area (Å²) in [4.78, 5) is 11.5. The standard InChI is InChI=1S/C11H12N2O3/c1-3-15-11(14)9-7-8(12-13(9)2)10-5-4-6-16-10/h4-7H,3H2,1-2H3. The lowest BCUT2D eigenvalue weighted by atomic mass is 10.3. The van der Waals surface area contributed by atoms with E-state index in [4.69, 9.17) is 9.15 Å². The van der Waals surface area contributed by atoms with Crippen LogP contribution < -0.4 is 0 Å². The highest BCUT2D eigenvalue weighted by atomic mass is 16.5. The van der Waals surface area contributed by atoms with Crippen LogP contribution in [0.1, 0.15) is 17.4 Å². The molecule has 16 heavy (non-hydrogen) atoms. The van der Waals surface area contributed by atoms with Crippen LogP contribution >= 0.6 is 0 Å². The molecule has 0 saturated carbocycles. The van der Waals surface area contributed by atoms with Gasteiger partial charge in [0.25, 0.3) is 0 Å². The van der Waals surface area contributed by atoms with E-state index in [2.05, 4.69) is 5.10 Å². The SMILES string of the molecule is CCOC(=O)c1cc(-c2ccco2)nn1C. The number of furan rings is 1. The molecule has 0 N–H and O–H groups in total. The first-order valence-corrected chi connectivity index (χ1v) is 4.97. The van der Waals surface area contributed by atoms with Crippen LogP contribution in [0.2, 0.25) is 0 Å². The number of esters is 1. The molecule has 0 aliphatic heterocycles. The van der Waals surface area contributed by atoms with Crippen molar-refractivity contribution in [2.45, 2.75) is 6.92 Å². The van der Waals surface area contributed by atoms with Crippen molar-refractivity contribution in [2.75, 3.05) is 6.61 Å². The molecule has 0 atom stereocenters. The second-order valence-electron chi connectivity index (χ2n) is 3.24. The van der Waals surface area contributed by atoms with Crippen LogP contribution in [0.15, 0.2) is 28.9 Å². The first kappa shape index (κ1) is 10.5. The van der Waals surface area contributed by atoms with Crippen LogP contribution in [-0.2, 0) is 11.8 Å². The molecule has 0 saturated heterocycles. The van der Waals surface area contributed by atoms with E-state index in [9.17, 15) is 4.79 Å². The van der Waals surface area contributed by atoms with Crippen molar-refractivity contribution in [3.8, 4) is 11.5 Å². The summed E-state index contributed by atoms with van der Waals surface area (Å²) in [5.41, 5.74) is 1.03. The second kappa shape index (κ2) is 4.22. The predicted octanol–water partition coefficient (Wildman–Crippen LogP) is 1.86. The Morgan fingerprint density at radius 1 is 1.62 bits per heavy atom. The van der Waals surface area contributed by atoms with Crippen molar-refractivity contribution >= 4 is 5.97 Å². The Morgan fingerprint density at radius 2 is 2.44 bits per heavy atom. The predicted molar refractivity (Wildman–Crippen MR) is 56.9 cm³/mol. The van der Waals surface area contributed by atoms with Crippen molar-refractivity contribution in [3.05, 3.63) is 30.2 Å². The van der Waals surface area contributed by atoms with E-state index in [0.29, 0.717) is 23.8 Å². The van der Waals surface area contributed by atoms with Gasteiger partial charge >= 0.3 is 5.97 Å². The highest BCUT2D eigenvalue weighted by Crippen LogP contribution is 2.19. The molecule has 0 fully saturated rings. The lowest BCUT2D eigenvalue weighted by Crippen LogP contribution is -2.10. The van der Waals surface area contributed by atoms with Gasteiger partial charge in [0.15, 0.2) is 5.76 Å². The highest BCUT2D eigenvalue weighted by Gasteiger charge is 2.15. The summed E-state index contributed by atoms with van der Waals surface area (Å²) in [5, 5.41) is 4.18. The third-order valence-electron chi connectivity index (χ3n) is 2.14. The fraction of sp³-hybridized carbons (Fsp3) is 0.273. The molecule has 2 aromatic rings.